The SMILES string of the molecule is C[C@@H](OC(=O)Cc1csc(-c2cccs2)n1)C(=O)N[C@@H]1CCS(=O)(=O)C1. The Balaban J connectivity index is 1.49. The summed E-state index contributed by atoms with van der Waals surface area (Å²) in [5.74, 6) is -1.03. The molecule has 7 nitrogen and oxygen atoms in total. The van der Waals surface area contributed by atoms with Crippen LogP contribution in [0.15, 0.2) is 22.9 Å². The van der Waals surface area contributed by atoms with Gasteiger partial charge >= 0.3 is 5.97 Å². The number of hydrogen-bond acceptors (Lipinski definition) is 8. The zero-order chi connectivity index (χ0) is 18.7. The number of hydrogen-bond donors (Lipinski definition) is 1. The lowest BCUT2D eigenvalue weighted by molar-refractivity contribution is -0.154. The van der Waals surface area contributed by atoms with Crippen molar-refractivity contribution in [2.45, 2.75) is 31.9 Å². The Morgan fingerprint density at radius 3 is 2.88 bits per heavy atom. The van der Waals surface area contributed by atoms with Crippen molar-refractivity contribution in [3.63, 3.8) is 0 Å². The van der Waals surface area contributed by atoms with Gasteiger partial charge in [0.25, 0.3) is 5.91 Å². The summed E-state index contributed by atoms with van der Waals surface area (Å²) in [6.45, 7) is 1.47. The molecule has 1 amide bonds. The van der Waals surface area contributed by atoms with Crippen LogP contribution < -0.4 is 5.32 Å². The highest BCUT2D eigenvalue weighted by Gasteiger charge is 2.30. The van der Waals surface area contributed by atoms with Crippen LogP contribution in [0.25, 0.3) is 9.88 Å². The number of rotatable bonds is 6. The van der Waals surface area contributed by atoms with Gasteiger partial charge in [-0.2, -0.15) is 0 Å². The lowest BCUT2D eigenvalue weighted by Crippen LogP contribution is -2.42. The van der Waals surface area contributed by atoms with Crippen LogP contribution in [-0.4, -0.2) is 48.9 Å². The number of carbonyl (C=O) groups is 2. The summed E-state index contributed by atoms with van der Waals surface area (Å²) >= 11 is 3.02. The van der Waals surface area contributed by atoms with E-state index in [1.807, 2.05) is 17.5 Å². The second-order valence-electron chi connectivity index (χ2n) is 6.04. The Morgan fingerprint density at radius 1 is 1.42 bits per heavy atom. The standard InChI is InChI=1S/C16H18N2O5S3/c1-10(15(20)17-11-4-6-26(21,22)9-11)23-14(19)7-12-8-25-16(18-12)13-3-2-5-24-13/h2-3,5,8,10-11H,4,6-7,9H2,1H3,(H,17,20)/t10-,11-/m1/s1. The number of esters is 1. The van der Waals surface area contributed by atoms with E-state index in [4.69, 9.17) is 4.74 Å². The fraction of sp³-hybridized carbons (Fsp3) is 0.438. The summed E-state index contributed by atoms with van der Waals surface area (Å²) in [4.78, 5) is 29.5. The van der Waals surface area contributed by atoms with Gasteiger partial charge in [0.2, 0.25) is 0 Å². The average Bonchev–Trinajstić information content (AvgIpc) is 3.28. The van der Waals surface area contributed by atoms with Gasteiger partial charge in [-0.05, 0) is 24.8 Å². The Labute approximate surface area is 159 Å². The van der Waals surface area contributed by atoms with E-state index in [0.29, 0.717) is 12.1 Å². The quantitative estimate of drug-likeness (QED) is 0.721. The lowest BCUT2D eigenvalue weighted by atomic mass is 10.2. The topological polar surface area (TPSA) is 102 Å². The fourth-order valence-electron chi connectivity index (χ4n) is 2.57. The average molecular weight is 415 g/mol. The third kappa shape index (κ3) is 4.89. The van der Waals surface area contributed by atoms with E-state index in [2.05, 4.69) is 10.3 Å². The summed E-state index contributed by atoms with van der Waals surface area (Å²) in [6, 6.07) is 3.48. The first-order valence-corrected chi connectivity index (χ1v) is 11.6. The molecule has 2 aromatic heterocycles. The van der Waals surface area contributed by atoms with Crippen molar-refractivity contribution >= 4 is 44.4 Å². The number of sulfone groups is 1. The zero-order valence-corrected chi connectivity index (χ0v) is 16.5. The largest absolute Gasteiger partial charge is 0.452 e. The van der Waals surface area contributed by atoms with E-state index in [-0.39, 0.29) is 17.9 Å². The molecule has 140 valence electrons. The monoisotopic (exact) mass is 414 g/mol. The highest BCUT2D eigenvalue weighted by atomic mass is 32.2. The summed E-state index contributed by atoms with van der Waals surface area (Å²) in [5.41, 5.74) is 0.595. The van der Waals surface area contributed by atoms with E-state index in [1.165, 1.54) is 18.3 Å². The van der Waals surface area contributed by atoms with Crippen molar-refractivity contribution in [2.75, 3.05) is 11.5 Å². The molecule has 1 saturated heterocycles. The maximum Gasteiger partial charge on any atom is 0.312 e. The van der Waals surface area contributed by atoms with Crippen molar-refractivity contribution in [1.29, 1.82) is 0 Å². The highest BCUT2D eigenvalue weighted by Crippen LogP contribution is 2.27. The predicted octanol–water partition coefficient (Wildman–Crippen LogP) is 1.65. The molecule has 1 aliphatic heterocycles. The van der Waals surface area contributed by atoms with Gasteiger partial charge in [-0.1, -0.05) is 6.07 Å². The molecule has 0 spiro atoms. The molecule has 0 radical (unpaired) electrons. The maximum atomic E-state index is 12.1. The molecule has 1 N–H and O–H groups in total. The first-order chi connectivity index (χ1) is 12.3. The Bertz CT molecular complexity index is 889. The summed E-state index contributed by atoms with van der Waals surface area (Å²) in [7, 11) is -3.08. The second-order valence-corrected chi connectivity index (χ2v) is 10.1. The number of nitrogens with one attached hydrogen (secondary N) is 1. The van der Waals surface area contributed by atoms with Crippen molar-refractivity contribution in [1.82, 2.24) is 10.3 Å². The van der Waals surface area contributed by atoms with E-state index in [9.17, 15) is 18.0 Å². The number of nitrogens with zero attached hydrogens (tertiary/aromatic N) is 1. The highest BCUT2D eigenvalue weighted by molar-refractivity contribution is 7.91. The molecule has 0 saturated carbocycles. The summed E-state index contributed by atoms with van der Waals surface area (Å²) < 4.78 is 28.0. The third-order valence-electron chi connectivity index (χ3n) is 3.87. The van der Waals surface area contributed by atoms with Crippen LogP contribution in [0.1, 0.15) is 19.0 Å². The van der Waals surface area contributed by atoms with Gasteiger partial charge in [0, 0.05) is 11.4 Å². The van der Waals surface area contributed by atoms with E-state index < -0.39 is 33.9 Å². The van der Waals surface area contributed by atoms with Crippen molar-refractivity contribution in [3.05, 3.63) is 28.6 Å². The minimum absolute atomic E-state index is 0.0166. The number of carbonyl (C=O) groups excluding carboxylic acids is 2. The molecule has 1 fully saturated rings. The molecule has 0 aromatic carbocycles. The maximum absolute atomic E-state index is 12.1. The third-order valence-corrected chi connectivity index (χ3v) is 7.56. The number of ether oxygens (including phenoxy) is 1. The number of thiophene rings is 1. The molecular formula is C16H18N2O5S3. The van der Waals surface area contributed by atoms with E-state index in [0.717, 1.165) is 9.88 Å². The van der Waals surface area contributed by atoms with Crippen molar-refractivity contribution < 1.29 is 22.7 Å². The van der Waals surface area contributed by atoms with Gasteiger partial charge in [0.05, 0.1) is 28.5 Å². The van der Waals surface area contributed by atoms with E-state index in [1.54, 1.807) is 16.7 Å². The minimum atomic E-state index is -3.08. The molecule has 26 heavy (non-hydrogen) atoms. The van der Waals surface area contributed by atoms with Crippen LogP contribution in [0.5, 0.6) is 0 Å². The van der Waals surface area contributed by atoms with Crippen LogP contribution >= 0.6 is 22.7 Å². The molecule has 1 aliphatic rings. The van der Waals surface area contributed by atoms with Gasteiger partial charge in [0.1, 0.15) is 5.01 Å². The van der Waals surface area contributed by atoms with E-state index >= 15 is 0 Å². The number of thiazole rings is 1. The minimum Gasteiger partial charge on any atom is -0.452 e. The van der Waals surface area contributed by atoms with Crippen molar-refractivity contribution in [3.8, 4) is 9.88 Å². The van der Waals surface area contributed by atoms with Crippen molar-refractivity contribution in [2.24, 2.45) is 0 Å². The van der Waals surface area contributed by atoms with Crippen LogP contribution in [-0.2, 0) is 30.6 Å². The molecule has 10 heteroatoms. The molecule has 0 aliphatic carbocycles. The molecule has 0 bridgehead atoms. The lowest BCUT2D eigenvalue weighted by Gasteiger charge is -2.16. The number of amides is 1. The van der Waals surface area contributed by atoms with Gasteiger partial charge in [-0.25, -0.2) is 13.4 Å². The fourth-order valence-corrected chi connectivity index (χ4v) is 5.88. The zero-order valence-electron chi connectivity index (χ0n) is 14.0. The van der Waals surface area contributed by atoms with Gasteiger partial charge in [-0.15, -0.1) is 22.7 Å². The summed E-state index contributed by atoms with van der Waals surface area (Å²) in [5, 5.41) is 7.22. The first-order valence-electron chi connectivity index (χ1n) is 8.01. The number of aromatic nitrogens is 1. The predicted molar refractivity (Wildman–Crippen MR) is 99.9 cm³/mol. The van der Waals surface area contributed by atoms with Crippen LogP contribution in [0, 0.1) is 0 Å². The van der Waals surface area contributed by atoms with Crippen LogP contribution in [0.2, 0.25) is 0 Å². The van der Waals surface area contributed by atoms with Crippen LogP contribution in [0.3, 0.4) is 0 Å². The molecule has 2 atom stereocenters. The molecule has 3 rings (SSSR count). The van der Waals surface area contributed by atoms with Gasteiger partial charge < -0.3 is 10.1 Å². The van der Waals surface area contributed by atoms with Crippen LogP contribution in [0.4, 0.5) is 0 Å². The Morgan fingerprint density at radius 2 is 2.23 bits per heavy atom. The molecule has 0 unspecified atom stereocenters. The molecular weight excluding hydrogens is 396 g/mol. The molecule has 3 heterocycles. The Kier molecular flexibility index (Phi) is 5.73. The molecule has 2 aromatic rings. The Hall–Kier alpha value is -1.78. The summed E-state index contributed by atoms with van der Waals surface area (Å²) in [6.07, 6.45) is -0.614. The van der Waals surface area contributed by atoms with Gasteiger partial charge in [-0.3, -0.25) is 9.59 Å². The second kappa shape index (κ2) is 7.85. The first kappa shape index (κ1) is 19.0. The van der Waals surface area contributed by atoms with Gasteiger partial charge in [0.15, 0.2) is 15.9 Å². The smallest absolute Gasteiger partial charge is 0.312 e. The normalized spacial score (nSPS) is 19.8.